The number of hydrogen-bond acceptors (Lipinski definition) is 9. The predicted molar refractivity (Wildman–Crippen MR) is 170 cm³/mol. The highest BCUT2D eigenvalue weighted by molar-refractivity contribution is 7.90. The molecule has 1 amide bonds. The number of carbonyl (C=O) groups is 1. The Labute approximate surface area is 258 Å². The van der Waals surface area contributed by atoms with E-state index >= 15 is 0 Å². The van der Waals surface area contributed by atoms with E-state index in [2.05, 4.69) is 24.6 Å². The molecule has 10 nitrogen and oxygen atoms in total. The van der Waals surface area contributed by atoms with E-state index in [9.17, 15) is 23.1 Å². The van der Waals surface area contributed by atoms with Crippen molar-refractivity contribution in [3.05, 3.63) is 29.3 Å². The zero-order chi connectivity index (χ0) is 32.8. The van der Waals surface area contributed by atoms with E-state index in [1.54, 1.807) is 14.0 Å². The summed E-state index contributed by atoms with van der Waals surface area (Å²) in [4.78, 5) is 30.7. The van der Waals surface area contributed by atoms with Crippen molar-refractivity contribution in [3.8, 4) is 11.5 Å². The van der Waals surface area contributed by atoms with Crippen molar-refractivity contribution < 1.29 is 37.4 Å². The van der Waals surface area contributed by atoms with E-state index in [0.717, 1.165) is 18.4 Å². The van der Waals surface area contributed by atoms with Crippen molar-refractivity contribution in [2.45, 2.75) is 98.3 Å². The summed E-state index contributed by atoms with van der Waals surface area (Å²) in [6.07, 6.45) is 3.04. The molecule has 43 heavy (non-hydrogen) atoms. The summed E-state index contributed by atoms with van der Waals surface area (Å²) >= 11 is 0. The van der Waals surface area contributed by atoms with Crippen LogP contribution in [0.3, 0.4) is 0 Å². The Bertz CT molecular complexity index is 1160. The van der Waals surface area contributed by atoms with Crippen LogP contribution in [0, 0.1) is 17.8 Å². The number of aliphatic hydroxyl groups excluding tert-OH is 1. The number of hydrogen-bond donors (Lipinski definition) is 3. The molecular formula is C32H54N2O8S. The lowest BCUT2D eigenvalue weighted by Crippen LogP contribution is -2.48. The molecule has 1 rings (SSSR count). The molecule has 0 radical (unpaired) electrons. The first-order valence-electron chi connectivity index (χ1n) is 15.1. The molecule has 3 N–H and O–H groups in total. The second-order valence-electron chi connectivity index (χ2n) is 12.6. The summed E-state index contributed by atoms with van der Waals surface area (Å²) in [6, 6.07) is 4.96. The van der Waals surface area contributed by atoms with Gasteiger partial charge in [-0.1, -0.05) is 33.3 Å². The Morgan fingerprint density at radius 1 is 1.12 bits per heavy atom. The molecule has 0 unspecified atom stereocenters. The molecule has 0 bridgehead atoms. The minimum Gasteiger partial charge on any atom is -0.493 e. The Kier molecular flexibility index (Phi) is 16.5. The van der Waals surface area contributed by atoms with Crippen LogP contribution in [0.4, 0.5) is 0 Å². The average molecular weight is 627 g/mol. The molecule has 0 aromatic heterocycles. The van der Waals surface area contributed by atoms with Gasteiger partial charge in [-0.15, -0.1) is 0 Å². The summed E-state index contributed by atoms with van der Waals surface area (Å²) in [7, 11) is -1.53. The van der Waals surface area contributed by atoms with Gasteiger partial charge in [-0.25, -0.2) is 13.2 Å². The van der Waals surface area contributed by atoms with Crippen LogP contribution in [-0.2, 0) is 30.7 Å². The zero-order valence-corrected chi connectivity index (χ0v) is 28.3. The number of methoxy groups -OCH3 is 1. The molecule has 0 saturated carbocycles. The third-order valence-corrected chi connectivity index (χ3v) is 8.20. The van der Waals surface area contributed by atoms with Crippen molar-refractivity contribution in [1.29, 1.82) is 0 Å². The molecule has 4 atom stereocenters. The zero-order valence-electron chi connectivity index (χ0n) is 27.5. The number of amides is 1. The molecule has 0 spiro atoms. The predicted octanol–water partition coefficient (Wildman–Crippen LogP) is 4.07. The normalized spacial score (nSPS) is 14.9. The fraction of sp³-hybridized carbons (Fsp3) is 0.719. The van der Waals surface area contributed by atoms with Gasteiger partial charge in [0.05, 0.1) is 42.6 Å². The van der Waals surface area contributed by atoms with Crippen LogP contribution >= 0.6 is 0 Å². The SMILES string of the molecule is CCCCNC(=O)[C@H](C)C(=C=O)[C@H](O)[C@H](C[C@H](Cc1ccc(OC)c(OCCCS(C)(=O)=O)c1)C(C)C)NOC(C)(C)C. The fourth-order valence-electron chi connectivity index (χ4n) is 4.48. The second kappa shape index (κ2) is 18.4. The van der Waals surface area contributed by atoms with Crippen LogP contribution in [0.25, 0.3) is 0 Å². The molecule has 11 heteroatoms. The van der Waals surface area contributed by atoms with Gasteiger partial charge < -0.3 is 19.9 Å². The maximum Gasteiger partial charge on any atom is 0.227 e. The number of hydroxylamine groups is 1. The highest BCUT2D eigenvalue weighted by atomic mass is 32.2. The van der Waals surface area contributed by atoms with E-state index in [1.807, 2.05) is 51.8 Å². The van der Waals surface area contributed by atoms with Gasteiger partial charge in [0.1, 0.15) is 21.9 Å². The molecule has 1 aromatic carbocycles. The maximum atomic E-state index is 12.7. The Morgan fingerprint density at radius 3 is 2.33 bits per heavy atom. The molecule has 1 aromatic rings. The third-order valence-electron chi connectivity index (χ3n) is 7.17. The number of carbonyl (C=O) groups excluding carboxylic acids is 2. The lowest BCUT2D eigenvalue weighted by Gasteiger charge is -2.33. The van der Waals surface area contributed by atoms with E-state index in [1.165, 1.54) is 6.26 Å². The molecule has 0 fully saturated rings. The van der Waals surface area contributed by atoms with Gasteiger partial charge >= 0.3 is 0 Å². The molecule has 0 aliphatic rings. The number of benzene rings is 1. The highest BCUT2D eigenvalue weighted by Crippen LogP contribution is 2.32. The summed E-state index contributed by atoms with van der Waals surface area (Å²) in [6.45, 7) is 14.1. The van der Waals surface area contributed by atoms with E-state index in [-0.39, 0.29) is 35.7 Å². The van der Waals surface area contributed by atoms with Crippen molar-refractivity contribution in [2.75, 3.05) is 32.3 Å². The smallest absolute Gasteiger partial charge is 0.227 e. The highest BCUT2D eigenvalue weighted by Gasteiger charge is 2.34. The van der Waals surface area contributed by atoms with Crippen molar-refractivity contribution in [2.24, 2.45) is 17.8 Å². The van der Waals surface area contributed by atoms with Crippen LogP contribution in [-0.4, -0.2) is 75.4 Å². The average Bonchev–Trinajstić information content (AvgIpc) is 2.91. The number of unbranched alkanes of at least 4 members (excludes halogenated alkanes) is 1. The summed E-state index contributed by atoms with van der Waals surface area (Å²) in [5.74, 6) is 1.99. The van der Waals surface area contributed by atoms with Crippen molar-refractivity contribution in [3.63, 3.8) is 0 Å². The number of rotatable bonds is 20. The van der Waals surface area contributed by atoms with Gasteiger partial charge in [0, 0.05) is 12.8 Å². The van der Waals surface area contributed by atoms with Gasteiger partial charge in [-0.2, -0.15) is 5.48 Å². The van der Waals surface area contributed by atoms with Crippen LogP contribution in [0.2, 0.25) is 0 Å². The molecule has 0 saturated heterocycles. The Morgan fingerprint density at radius 2 is 1.79 bits per heavy atom. The largest absolute Gasteiger partial charge is 0.493 e. The van der Waals surface area contributed by atoms with Crippen molar-refractivity contribution >= 4 is 21.7 Å². The number of ether oxygens (including phenoxy) is 2. The van der Waals surface area contributed by atoms with E-state index < -0.39 is 33.5 Å². The van der Waals surface area contributed by atoms with Gasteiger partial charge in [0.15, 0.2) is 11.5 Å². The number of nitrogens with one attached hydrogen (secondary N) is 2. The van der Waals surface area contributed by atoms with Crippen LogP contribution in [0.1, 0.15) is 79.7 Å². The fourth-order valence-corrected chi connectivity index (χ4v) is 5.12. The number of aliphatic hydroxyl groups is 1. The number of sulfone groups is 1. The molecule has 0 heterocycles. The summed E-state index contributed by atoms with van der Waals surface area (Å²) < 4.78 is 34.3. The quantitative estimate of drug-likeness (QED) is 0.111. The van der Waals surface area contributed by atoms with Gasteiger partial charge in [0.2, 0.25) is 5.91 Å². The van der Waals surface area contributed by atoms with E-state index in [0.29, 0.717) is 37.3 Å². The lowest BCUT2D eigenvalue weighted by atomic mass is 9.81. The summed E-state index contributed by atoms with van der Waals surface area (Å²) in [5.41, 5.74) is 3.36. The van der Waals surface area contributed by atoms with Gasteiger partial charge in [0.25, 0.3) is 0 Å². The van der Waals surface area contributed by atoms with Crippen LogP contribution in [0.15, 0.2) is 23.8 Å². The van der Waals surface area contributed by atoms with E-state index in [4.69, 9.17) is 14.3 Å². The van der Waals surface area contributed by atoms with Crippen LogP contribution in [0.5, 0.6) is 11.5 Å². The monoisotopic (exact) mass is 626 g/mol. The minimum atomic E-state index is -3.08. The third kappa shape index (κ3) is 14.7. The Hall–Kier alpha value is -2.43. The first kappa shape index (κ1) is 38.6. The molecule has 0 aliphatic heterocycles. The van der Waals surface area contributed by atoms with Crippen molar-refractivity contribution in [1.82, 2.24) is 10.8 Å². The minimum absolute atomic E-state index is 0.0271. The standard InChI is InChI=1S/C32H54N2O8S/c1-10-11-15-33-31(37)23(4)26(21-35)30(36)27(34-42-32(5,6)7)20-25(22(2)3)18-24-13-14-28(40-8)29(19-24)41-16-12-17-43(9,38)39/h13-14,19,22-23,25,27,30,34,36H,10-12,15-18,20H2,1-9H3,(H,33,37)/t23-,25+,27+,30+/m1/s1. The molecular weight excluding hydrogens is 572 g/mol. The van der Waals surface area contributed by atoms with Gasteiger partial charge in [-0.3, -0.25) is 9.63 Å². The molecule has 0 aliphatic carbocycles. The van der Waals surface area contributed by atoms with Crippen LogP contribution < -0.4 is 20.3 Å². The summed E-state index contributed by atoms with van der Waals surface area (Å²) in [5, 5.41) is 14.3. The molecule has 246 valence electrons. The maximum absolute atomic E-state index is 12.7. The van der Waals surface area contributed by atoms with Gasteiger partial charge in [-0.05, 0) is 82.9 Å². The first-order chi connectivity index (χ1) is 20.0. The lowest BCUT2D eigenvalue weighted by molar-refractivity contribution is -0.124. The topological polar surface area (TPSA) is 140 Å². The Balaban J connectivity index is 3.21. The first-order valence-corrected chi connectivity index (χ1v) is 17.2. The second-order valence-corrected chi connectivity index (χ2v) is 14.8.